The zero-order valence-electron chi connectivity index (χ0n) is 12.0. The molecule has 18 heavy (non-hydrogen) atoms. The molecule has 5 nitrogen and oxygen atoms in total. The van der Waals surface area contributed by atoms with E-state index in [1.165, 1.54) is 6.42 Å². The molecule has 0 atom stereocenters. The molecule has 0 saturated carbocycles. The minimum Gasteiger partial charge on any atom is -0.395 e. The van der Waals surface area contributed by atoms with Crippen molar-refractivity contribution in [3.63, 3.8) is 0 Å². The smallest absolute Gasteiger partial charge is 0.148 e. The number of hydrazone groups is 1. The van der Waals surface area contributed by atoms with E-state index >= 15 is 0 Å². The summed E-state index contributed by atoms with van der Waals surface area (Å²) in [5, 5.41) is 27.8. The Morgan fingerprint density at radius 3 is 2.17 bits per heavy atom. The fraction of sp³-hybridized carbons (Fsp3) is 0.923. The molecule has 1 heterocycles. The summed E-state index contributed by atoms with van der Waals surface area (Å²) in [5.41, 5.74) is -0.0217. The average molecular weight is 257 g/mol. The SMILES string of the molecule is CC1(C)CCCC(C)(C)N1N=C(CO)NCCO. The van der Waals surface area contributed by atoms with Crippen LogP contribution in [0.15, 0.2) is 5.10 Å². The fourth-order valence-electron chi connectivity index (χ4n) is 2.70. The zero-order valence-corrected chi connectivity index (χ0v) is 12.0. The highest BCUT2D eigenvalue weighted by atomic mass is 16.3. The Morgan fingerprint density at radius 1 is 1.17 bits per heavy atom. The average Bonchev–Trinajstić information content (AvgIpc) is 2.26. The second-order valence-corrected chi connectivity index (χ2v) is 6.15. The summed E-state index contributed by atoms with van der Waals surface area (Å²) in [6, 6.07) is 0. The van der Waals surface area contributed by atoms with Crippen LogP contribution in [0, 0.1) is 0 Å². The van der Waals surface area contributed by atoms with Crippen LogP contribution in [-0.2, 0) is 0 Å². The van der Waals surface area contributed by atoms with Gasteiger partial charge in [0.1, 0.15) is 12.4 Å². The van der Waals surface area contributed by atoms with Crippen molar-refractivity contribution in [1.82, 2.24) is 10.3 Å². The van der Waals surface area contributed by atoms with Gasteiger partial charge < -0.3 is 15.5 Å². The van der Waals surface area contributed by atoms with Crippen molar-refractivity contribution >= 4 is 5.84 Å². The van der Waals surface area contributed by atoms with E-state index in [2.05, 4.69) is 43.1 Å². The van der Waals surface area contributed by atoms with Crippen molar-refractivity contribution in [2.24, 2.45) is 5.10 Å². The molecule has 1 aliphatic heterocycles. The van der Waals surface area contributed by atoms with Crippen LogP contribution in [0.5, 0.6) is 0 Å². The summed E-state index contributed by atoms with van der Waals surface area (Å²) in [6.45, 7) is 9.02. The summed E-state index contributed by atoms with van der Waals surface area (Å²) < 4.78 is 0. The Balaban J connectivity index is 2.90. The van der Waals surface area contributed by atoms with Crippen molar-refractivity contribution < 1.29 is 10.2 Å². The Morgan fingerprint density at radius 2 is 1.72 bits per heavy atom. The third kappa shape index (κ3) is 3.59. The van der Waals surface area contributed by atoms with Crippen molar-refractivity contribution in [2.75, 3.05) is 19.8 Å². The maximum absolute atomic E-state index is 9.32. The van der Waals surface area contributed by atoms with Gasteiger partial charge in [0.25, 0.3) is 0 Å². The molecule has 0 aromatic heterocycles. The quantitative estimate of drug-likeness (QED) is 0.517. The number of aliphatic hydroxyl groups is 2. The number of hydrogen-bond acceptors (Lipinski definition) is 4. The number of rotatable bonds is 4. The second kappa shape index (κ2) is 5.89. The van der Waals surface area contributed by atoms with E-state index in [-0.39, 0.29) is 24.3 Å². The number of nitrogens with one attached hydrogen (secondary N) is 1. The molecule has 0 aliphatic carbocycles. The van der Waals surface area contributed by atoms with Crippen LogP contribution < -0.4 is 5.32 Å². The van der Waals surface area contributed by atoms with Crippen molar-refractivity contribution in [2.45, 2.75) is 58.0 Å². The van der Waals surface area contributed by atoms with Crippen LogP contribution in [0.3, 0.4) is 0 Å². The maximum atomic E-state index is 9.32. The van der Waals surface area contributed by atoms with Crippen LogP contribution in [0.4, 0.5) is 0 Å². The van der Waals surface area contributed by atoms with Gasteiger partial charge >= 0.3 is 0 Å². The minimum absolute atomic E-state index is 0.0108. The summed E-state index contributed by atoms with van der Waals surface area (Å²) in [6.07, 6.45) is 3.39. The Kier molecular flexibility index (Phi) is 4.99. The molecule has 0 amide bonds. The molecule has 5 heteroatoms. The van der Waals surface area contributed by atoms with Crippen LogP contribution in [0.2, 0.25) is 0 Å². The number of hydrogen-bond donors (Lipinski definition) is 3. The highest BCUT2D eigenvalue weighted by molar-refractivity contribution is 5.82. The minimum atomic E-state index is -0.136. The molecule has 1 rings (SSSR count). The first-order valence-electron chi connectivity index (χ1n) is 6.67. The lowest BCUT2D eigenvalue weighted by Gasteiger charge is -2.51. The summed E-state index contributed by atoms with van der Waals surface area (Å²) in [5.74, 6) is 0.520. The maximum Gasteiger partial charge on any atom is 0.148 e. The van der Waals surface area contributed by atoms with Gasteiger partial charge in [-0.05, 0) is 47.0 Å². The van der Waals surface area contributed by atoms with Crippen molar-refractivity contribution in [3.05, 3.63) is 0 Å². The van der Waals surface area contributed by atoms with Crippen molar-refractivity contribution in [1.29, 1.82) is 0 Å². The van der Waals surface area contributed by atoms with E-state index in [1.54, 1.807) is 0 Å². The summed E-state index contributed by atoms with van der Waals surface area (Å²) >= 11 is 0. The summed E-state index contributed by atoms with van der Waals surface area (Å²) in [7, 11) is 0. The topological polar surface area (TPSA) is 68.1 Å². The molecule has 106 valence electrons. The number of piperidine rings is 1. The van der Waals surface area contributed by atoms with Crippen molar-refractivity contribution in [3.8, 4) is 0 Å². The number of amidine groups is 1. The standard InChI is InChI=1S/C13H27N3O2/c1-12(2)6-5-7-13(3,4)16(12)15-11(10-18)14-8-9-17/h17-18H,5-10H2,1-4H3,(H,14,15). The molecule has 0 aromatic carbocycles. The number of nitrogens with zero attached hydrogens (tertiary/aromatic N) is 2. The molecule has 1 fully saturated rings. The predicted octanol–water partition coefficient (Wildman–Crippen LogP) is 0.917. The second-order valence-electron chi connectivity index (χ2n) is 6.15. The van der Waals surface area contributed by atoms with Gasteiger partial charge in [-0.1, -0.05) is 0 Å². The normalized spacial score (nSPS) is 23.0. The van der Waals surface area contributed by atoms with Gasteiger partial charge in [0.2, 0.25) is 0 Å². The fourth-order valence-corrected chi connectivity index (χ4v) is 2.70. The largest absolute Gasteiger partial charge is 0.395 e. The van der Waals surface area contributed by atoms with Gasteiger partial charge in [-0.3, -0.25) is 5.01 Å². The lowest BCUT2D eigenvalue weighted by molar-refractivity contribution is -0.0255. The molecular formula is C13H27N3O2. The first kappa shape index (κ1) is 15.2. The third-order valence-electron chi connectivity index (χ3n) is 3.54. The Labute approximate surface area is 110 Å². The zero-order chi connectivity index (χ0) is 13.8. The van der Waals surface area contributed by atoms with Gasteiger partial charge in [0.05, 0.1) is 17.7 Å². The molecule has 1 saturated heterocycles. The van der Waals surface area contributed by atoms with Gasteiger partial charge in [-0.25, -0.2) is 0 Å². The molecule has 0 bridgehead atoms. The number of aliphatic hydroxyl groups excluding tert-OH is 2. The Hall–Kier alpha value is -0.810. The molecule has 0 unspecified atom stereocenters. The monoisotopic (exact) mass is 257 g/mol. The highest BCUT2D eigenvalue weighted by Crippen LogP contribution is 2.38. The first-order valence-corrected chi connectivity index (χ1v) is 6.67. The van der Waals surface area contributed by atoms with Crippen LogP contribution >= 0.6 is 0 Å². The molecular weight excluding hydrogens is 230 g/mol. The van der Waals surface area contributed by atoms with E-state index in [0.29, 0.717) is 12.4 Å². The van der Waals surface area contributed by atoms with Crippen LogP contribution in [0.25, 0.3) is 0 Å². The van der Waals surface area contributed by atoms with Crippen LogP contribution in [-0.4, -0.2) is 51.9 Å². The van der Waals surface area contributed by atoms with E-state index in [0.717, 1.165) is 12.8 Å². The lowest BCUT2D eigenvalue weighted by atomic mass is 9.82. The lowest BCUT2D eigenvalue weighted by Crippen LogP contribution is -2.56. The van der Waals surface area contributed by atoms with Gasteiger partial charge in [0, 0.05) is 6.54 Å². The van der Waals surface area contributed by atoms with E-state index in [9.17, 15) is 5.11 Å². The van der Waals surface area contributed by atoms with E-state index < -0.39 is 0 Å². The Bertz CT molecular complexity index is 285. The molecule has 0 aromatic rings. The highest BCUT2D eigenvalue weighted by Gasteiger charge is 2.40. The third-order valence-corrected chi connectivity index (χ3v) is 3.54. The van der Waals surface area contributed by atoms with Gasteiger partial charge in [-0.15, -0.1) is 0 Å². The van der Waals surface area contributed by atoms with E-state index in [1.807, 2.05) is 0 Å². The summed E-state index contributed by atoms with van der Waals surface area (Å²) in [4.78, 5) is 0. The molecule has 0 radical (unpaired) electrons. The molecule has 1 aliphatic rings. The van der Waals surface area contributed by atoms with E-state index in [4.69, 9.17) is 5.11 Å². The van der Waals surface area contributed by atoms with Gasteiger partial charge in [-0.2, -0.15) is 5.10 Å². The first-order chi connectivity index (χ1) is 8.33. The molecule has 0 spiro atoms. The van der Waals surface area contributed by atoms with Gasteiger partial charge in [0.15, 0.2) is 0 Å². The predicted molar refractivity (Wildman–Crippen MR) is 73.5 cm³/mol. The van der Waals surface area contributed by atoms with Crippen LogP contribution in [0.1, 0.15) is 47.0 Å². The molecule has 3 N–H and O–H groups in total.